The van der Waals surface area contributed by atoms with Gasteiger partial charge < -0.3 is 10.4 Å². The Morgan fingerprint density at radius 3 is 2.43 bits per heavy atom. The highest BCUT2D eigenvalue weighted by Gasteiger charge is 2.07. The minimum Gasteiger partial charge on any atom is -0.395 e. The zero-order valence-corrected chi connectivity index (χ0v) is 12.0. The summed E-state index contributed by atoms with van der Waals surface area (Å²) in [6.45, 7) is 0.918. The first-order valence-electron chi connectivity index (χ1n) is 7.25. The van der Waals surface area contributed by atoms with Gasteiger partial charge in [-0.3, -0.25) is 4.98 Å². The van der Waals surface area contributed by atoms with E-state index in [9.17, 15) is 9.50 Å². The van der Waals surface area contributed by atoms with Gasteiger partial charge in [0.1, 0.15) is 5.82 Å². The average Bonchev–Trinajstić information content (AvgIpc) is 2.53. The van der Waals surface area contributed by atoms with Crippen LogP contribution in [-0.2, 0) is 12.8 Å². The van der Waals surface area contributed by atoms with E-state index >= 15 is 0 Å². The monoisotopic (exact) mass is 288 g/mol. The maximum absolute atomic E-state index is 12.8. The van der Waals surface area contributed by atoms with E-state index in [1.165, 1.54) is 17.7 Å². The van der Waals surface area contributed by atoms with Gasteiger partial charge in [-0.2, -0.15) is 0 Å². The molecule has 0 saturated heterocycles. The van der Waals surface area contributed by atoms with Gasteiger partial charge in [-0.15, -0.1) is 0 Å². The number of hydrogen-bond acceptors (Lipinski definition) is 3. The van der Waals surface area contributed by atoms with Crippen LogP contribution in [0.1, 0.15) is 17.5 Å². The quantitative estimate of drug-likeness (QED) is 0.733. The molecule has 0 amide bonds. The molecule has 2 aromatic rings. The number of benzene rings is 1. The largest absolute Gasteiger partial charge is 0.395 e. The summed E-state index contributed by atoms with van der Waals surface area (Å²) in [5, 5.41) is 12.8. The van der Waals surface area contributed by atoms with Crippen LogP contribution in [0.3, 0.4) is 0 Å². The molecule has 21 heavy (non-hydrogen) atoms. The van der Waals surface area contributed by atoms with E-state index in [2.05, 4.69) is 10.3 Å². The first-order valence-corrected chi connectivity index (χ1v) is 7.25. The lowest BCUT2D eigenvalue weighted by atomic mass is 10.1. The fourth-order valence-electron chi connectivity index (χ4n) is 2.25. The molecule has 0 aliphatic carbocycles. The van der Waals surface area contributed by atoms with E-state index in [4.69, 9.17) is 0 Å². The molecule has 3 nitrogen and oxygen atoms in total. The molecular weight excluding hydrogens is 267 g/mol. The van der Waals surface area contributed by atoms with E-state index in [0.717, 1.165) is 24.9 Å². The molecule has 4 heteroatoms. The van der Waals surface area contributed by atoms with Gasteiger partial charge in [0.05, 0.1) is 6.61 Å². The molecule has 1 aromatic heterocycles. The summed E-state index contributed by atoms with van der Waals surface area (Å²) in [4.78, 5) is 3.99. The predicted molar refractivity (Wildman–Crippen MR) is 81.5 cm³/mol. The molecule has 0 bridgehead atoms. The Morgan fingerprint density at radius 1 is 1.05 bits per heavy atom. The van der Waals surface area contributed by atoms with Crippen molar-refractivity contribution >= 4 is 0 Å². The highest BCUT2D eigenvalue weighted by Crippen LogP contribution is 2.06. The van der Waals surface area contributed by atoms with Crippen LogP contribution >= 0.6 is 0 Å². The Bertz CT molecular complexity index is 516. The van der Waals surface area contributed by atoms with Crippen molar-refractivity contribution in [1.82, 2.24) is 10.3 Å². The average molecular weight is 288 g/mol. The topological polar surface area (TPSA) is 45.1 Å². The number of pyridine rings is 1. The van der Waals surface area contributed by atoms with Crippen LogP contribution in [0.5, 0.6) is 0 Å². The Labute approximate surface area is 124 Å². The normalized spacial score (nSPS) is 12.3. The zero-order chi connectivity index (χ0) is 14.9. The molecular formula is C17H21FN2O. The summed E-state index contributed by atoms with van der Waals surface area (Å²) in [6.07, 6.45) is 6.29. The molecule has 0 aliphatic heterocycles. The van der Waals surface area contributed by atoms with Gasteiger partial charge in [0.15, 0.2) is 0 Å². The molecule has 2 rings (SSSR count). The molecule has 1 atom stereocenters. The van der Waals surface area contributed by atoms with Crippen LogP contribution in [0, 0.1) is 5.82 Å². The number of aryl methyl sites for hydroxylation is 1. The van der Waals surface area contributed by atoms with Crippen LogP contribution in [-0.4, -0.2) is 29.3 Å². The van der Waals surface area contributed by atoms with Gasteiger partial charge in [-0.25, -0.2) is 4.39 Å². The van der Waals surface area contributed by atoms with Gasteiger partial charge in [-0.1, -0.05) is 12.1 Å². The molecule has 1 heterocycles. The molecule has 1 unspecified atom stereocenters. The Hall–Kier alpha value is -1.78. The van der Waals surface area contributed by atoms with Crippen molar-refractivity contribution < 1.29 is 9.50 Å². The van der Waals surface area contributed by atoms with E-state index in [0.29, 0.717) is 6.42 Å². The number of nitrogens with one attached hydrogen (secondary N) is 1. The fraction of sp³-hybridized carbons (Fsp3) is 0.353. The van der Waals surface area contributed by atoms with Gasteiger partial charge in [-0.05, 0) is 61.2 Å². The number of aromatic nitrogens is 1. The summed E-state index contributed by atoms with van der Waals surface area (Å²) in [6, 6.07) is 10.5. The lowest BCUT2D eigenvalue weighted by Crippen LogP contribution is -2.35. The van der Waals surface area contributed by atoms with E-state index < -0.39 is 0 Å². The third-order valence-electron chi connectivity index (χ3n) is 3.44. The van der Waals surface area contributed by atoms with Crippen molar-refractivity contribution in [2.45, 2.75) is 25.3 Å². The molecule has 2 N–H and O–H groups in total. The Morgan fingerprint density at radius 2 is 1.76 bits per heavy atom. The number of hydrogen-bond donors (Lipinski definition) is 2. The molecule has 0 spiro atoms. The lowest BCUT2D eigenvalue weighted by Gasteiger charge is -2.16. The van der Waals surface area contributed by atoms with Crippen molar-refractivity contribution in [1.29, 1.82) is 0 Å². The first-order chi connectivity index (χ1) is 10.3. The summed E-state index contributed by atoms with van der Waals surface area (Å²) in [5.74, 6) is -0.232. The lowest BCUT2D eigenvalue weighted by molar-refractivity contribution is 0.241. The highest BCUT2D eigenvalue weighted by atomic mass is 19.1. The van der Waals surface area contributed by atoms with Gasteiger partial charge in [0, 0.05) is 18.4 Å². The first kappa shape index (κ1) is 15.6. The third-order valence-corrected chi connectivity index (χ3v) is 3.44. The maximum atomic E-state index is 12.8. The van der Waals surface area contributed by atoms with E-state index in [1.54, 1.807) is 24.5 Å². The number of rotatable bonds is 8. The fourth-order valence-corrected chi connectivity index (χ4v) is 2.25. The van der Waals surface area contributed by atoms with Crippen molar-refractivity contribution in [2.24, 2.45) is 0 Å². The van der Waals surface area contributed by atoms with Crippen LogP contribution in [0.15, 0.2) is 48.8 Å². The van der Waals surface area contributed by atoms with Crippen LogP contribution in [0.4, 0.5) is 4.39 Å². The van der Waals surface area contributed by atoms with Crippen LogP contribution in [0.25, 0.3) is 0 Å². The molecule has 0 fully saturated rings. The Balaban J connectivity index is 1.71. The number of aliphatic hydroxyl groups excluding tert-OH is 1. The van der Waals surface area contributed by atoms with Crippen molar-refractivity contribution in [3.05, 3.63) is 65.7 Å². The van der Waals surface area contributed by atoms with Crippen LogP contribution in [0.2, 0.25) is 0 Å². The predicted octanol–water partition coefficient (Wildman–Crippen LogP) is 2.35. The molecule has 1 aromatic carbocycles. The summed E-state index contributed by atoms with van der Waals surface area (Å²) >= 11 is 0. The highest BCUT2D eigenvalue weighted by molar-refractivity contribution is 5.17. The molecule has 0 radical (unpaired) electrons. The minimum absolute atomic E-state index is 0.00732. The number of nitrogens with zero attached hydrogens (tertiary/aromatic N) is 1. The standard InChI is InChI=1S/C17H21FN2O/c18-16-5-3-15(4-6-16)12-17(13-21)20-9-1-2-14-7-10-19-11-8-14/h3-8,10-11,17,20-21H,1-2,9,12-13H2. The zero-order valence-electron chi connectivity index (χ0n) is 12.0. The summed E-state index contributed by atoms with van der Waals surface area (Å²) in [7, 11) is 0. The molecule has 112 valence electrons. The summed E-state index contributed by atoms with van der Waals surface area (Å²) in [5.41, 5.74) is 2.29. The van der Waals surface area contributed by atoms with Crippen molar-refractivity contribution in [3.8, 4) is 0 Å². The number of aliphatic hydroxyl groups is 1. The van der Waals surface area contributed by atoms with Gasteiger partial charge in [0.2, 0.25) is 0 Å². The van der Waals surface area contributed by atoms with Crippen molar-refractivity contribution in [2.75, 3.05) is 13.2 Å². The smallest absolute Gasteiger partial charge is 0.123 e. The molecule has 0 aliphatic rings. The van der Waals surface area contributed by atoms with Gasteiger partial charge in [0.25, 0.3) is 0 Å². The van der Waals surface area contributed by atoms with Crippen LogP contribution < -0.4 is 5.32 Å². The second-order valence-corrected chi connectivity index (χ2v) is 5.12. The SMILES string of the molecule is OCC(Cc1ccc(F)cc1)NCCCc1ccncc1. The molecule has 0 saturated carbocycles. The van der Waals surface area contributed by atoms with E-state index in [1.807, 2.05) is 12.1 Å². The summed E-state index contributed by atoms with van der Waals surface area (Å²) < 4.78 is 12.8. The second kappa shape index (κ2) is 8.49. The van der Waals surface area contributed by atoms with E-state index in [-0.39, 0.29) is 18.5 Å². The number of halogens is 1. The van der Waals surface area contributed by atoms with Gasteiger partial charge >= 0.3 is 0 Å². The minimum atomic E-state index is -0.232. The second-order valence-electron chi connectivity index (χ2n) is 5.12. The third kappa shape index (κ3) is 5.61. The maximum Gasteiger partial charge on any atom is 0.123 e. The van der Waals surface area contributed by atoms with Crippen molar-refractivity contribution in [3.63, 3.8) is 0 Å². The Kier molecular flexibility index (Phi) is 6.31.